The molecule has 5 rings (SSSR count). The summed E-state index contributed by atoms with van der Waals surface area (Å²) in [6.07, 6.45) is 6.83. The Morgan fingerprint density at radius 2 is 1.16 bits per heavy atom. The van der Waals surface area contributed by atoms with Crippen molar-refractivity contribution in [2.75, 3.05) is 34.2 Å². The molecule has 67 heavy (non-hydrogen) atoms. The van der Waals surface area contributed by atoms with Crippen molar-refractivity contribution in [3.63, 3.8) is 0 Å². The zero-order valence-corrected chi connectivity index (χ0v) is 43.5. The number of Topliss-reactive ketones (excluding diaryl/α,β-unsaturated/α-hetero) is 2. The molecule has 2 N–H and O–H groups in total. The molecule has 0 unspecified atom stereocenters. The maximum atomic E-state index is 12.5. The van der Waals surface area contributed by atoms with Crippen LogP contribution in [-0.2, 0) is 57.7 Å². The summed E-state index contributed by atoms with van der Waals surface area (Å²) in [5.41, 5.74) is 4.56. The Morgan fingerprint density at radius 3 is 1.66 bits per heavy atom. The van der Waals surface area contributed by atoms with Gasteiger partial charge in [-0.1, -0.05) is 73.0 Å². The number of hydrogen-bond acceptors (Lipinski definition) is 10. The van der Waals surface area contributed by atoms with E-state index in [-0.39, 0.29) is 34.4 Å². The molecule has 0 bridgehead atoms. The highest BCUT2D eigenvalue weighted by atomic mass is 35.5. The molecule has 1 fully saturated rings. The van der Waals surface area contributed by atoms with Crippen molar-refractivity contribution >= 4 is 64.2 Å². The number of piperidine rings is 1. The minimum Gasteiger partial charge on any atom is -0.385 e. The van der Waals surface area contributed by atoms with Crippen molar-refractivity contribution < 1.29 is 39.9 Å². The fourth-order valence-corrected chi connectivity index (χ4v) is 11.2. The molecular formula is C52H71ClN2O9S3. The van der Waals surface area contributed by atoms with Gasteiger partial charge in [-0.15, -0.1) is 0 Å². The van der Waals surface area contributed by atoms with E-state index in [1.807, 2.05) is 37.3 Å². The molecule has 0 saturated carbocycles. The number of benzene rings is 4. The van der Waals surface area contributed by atoms with Gasteiger partial charge in [0, 0.05) is 55.2 Å². The van der Waals surface area contributed by atoms with Gasteiger partial charge in [-0.05, 0) is 158 Å². The van der Waals surface area contributed by atoms with E-state index in [1.165, 1.54) is 12.1 Å². The summed E-state index contributed by atoms with van der Waals surface area (Å²) in [4.78, 5) is 27.2. The Labute approximate surface area is 406 Å². The standard InChI is InChI=1S/C29H40ClNO4S.C23H31NO5S2/c1-22-20-26(31-17-15-29(33,16-18-31)24-10-12-25(30)13-11-24)14-9-23(22)21-27(32)8-6-5-7-19-36(34,35)28(2,3)4;1-23(2,3)30(26,27)17-9-5-6-10-21(25)18-19-13-15-20(16-14-19)24-31(28,29)22-11-7-4-8-12-22/h9-14,20,33H,5-8,15-19,21H2,1-4H3;4,7-8,11-16,24H,5-6,9-10,17-18H2,1-3H3. The predicted octanol–water partition coefficient (Wildman–Crippen LogP) is 10.4. The van der Waals surface area contributed by atoms with E-state index in [1.54, 1.807) is 84.0 Å². The zero-order chi connectivity index (χ0) is 49.7. The molecule has 0 amide bonds. The van der Waals surface area contributed by atoms with Crippen LogP contribution in [0.4, 0.5) is 11.4 Å². The van der Waals surface area contributed by atoms with Crippen LogP contribution in [0.3, 0.4) is 0 Å². The first kappa shape index (κ1) is 55.5. The van der Waals surface area contributed by atoms with Crippen LogP contribution in [0.25, 0.3) is 0 Å². The minimum absolute atomic E-state index is 0.0799. The van der Waals surface area contributed by atoms with Crippen molar-refractivity contribution in [1.82, 2.24) is 0 Å². The topological polar surface area (TPSA) is 172 Å². The Kier molecular flexibility index (Phi) is 19.9. The zero-order valence-electron chi connectivity index (χ0n) is 40.3. The third-order valence-electron chi connectivity index (χ3n) is 12.3. The number of aliphatic hydroxyl groups is 1. The maximum absolute atomic E-state index is 12.5. The second-order valence-electron chi connectivity index (χ2n) is 19.7. The van der Waals surface area contributed by atoms with Crippen LogP contribution in [0, 0.1) is 6.92 Å². The number of nitrogens with one attached hydrogen (secondary N) is 1. The lowest BCUT2D eigenvalue weighted by Gasteiger charge is -2.40. The smallest absolute Gasteiger partial charge is 0.261 e. The van der Waals surface area contributed by atoms with Crippen molar-refractivity contribution in [3.8, 4) is 0 Å². The summed E-state index contributed by atoms with van der Waals surface area (Å²) < 4.78 is 74.3. The number of unbranched alkanes of at least 4 members (excludes halogenated alkanes) is 4. The second kappa shape index (κ2) is 24.0. The number of sulfone groups is 2. The fraction of sp³-hybridized carbons (Fsp3) is 0.500. The van der Waals surface area contributed by atoms with Crippen LogP contribution >= 0.6 is 11.6 Å². The van der Waals surface area contributed by atoms with Gasteiger partial charge in [0.25, 0.3) is 10.0 Å². The third-order valence-corrected chi connectivity index (χ3v) is 19.3. The lowest BCUT2D eigenvalue weighted by molar-refractivity contribution is -0.119. The number of carbonyl (C=O) groups is 2. The average Bonchev–Trinajstić information content (AvgIpc) is 3.25. The molecule has 0 spiro atoms. The van der Waals surface area contributed by atoms with E-state index < -0.39 is 44.8 Å². The summed E-state index contributed by atoms with van der Waals surface area (Å²) in [5.74, 6) is 0.594. The Morgan fingerprint density at radius 1 is 0.657 bits per heavy atom. The van der Waals surface area contributed by atoms with Crippen LogP contribution in [0.2, 0.25) is 5.02 Å². The summed E-state index contributed by atoms with van der Waals surface area (Å²) >= 11 is 5.99. The van der Waals surface area contributed by atoms with Gasteiger partial charge in [0.2, 0.25) is 0 Å². The average molecular weight is 1000 g/mol. The highest BCUT2D eigenvalue weighted by molar-refractivity contribution is 7.93. The number of sulfonamides is 1. The van der Waals surface area contributed by atoms with Crippen molar-refractivity contribution in [2.24, 2.45) is 0 Å². The van der Waals surface area contributed by atoms with E-state index in [9.17, 15) is 39.9 Å². The van der Waals surface area contributed by atoms with E-state index in [2.05, 4.69) is 21.8 Å². The molecule has 4 aromatic rings. The number of anilines is 2. The SMILES string of the molecule is CC(C)(C)S(=O)(=O)CCCCCC(=O)Cc1ccc(NS(=O)(=O)c2ccccc2)cc1.Cc1cc(N2CCC(O)(c3ccc(Cl)cc3)CC2)ccc1CC(=O)CCCCCS(=O)(=O)C(C)(C)C. The molecule has 1 heterocycles. The highest BCUT2D eigenvalue weighted by Crippen LogP contribution is 2.35. The van der Waals surface area contributed by atoms with Crippen LogP contribution < -0.4 is 9.62 Å². The van der Waals surface area contributed by atoms with E-state index >= 15 is 0 Å². The normalized spacial score (nSPS) is 14.5. The number of carbonyl (C=O) groups excluding carboxylic acids is 2. The van der Waals surface area contributed by atoms with Crippen molar-refractivity contribution in [3.05, 3.63) is 124 Å². The number of hydrogen-bond donors (Lipinski definition) is 2. The van der Waals surface area contributed by atoms with Gasteiger partial charge in [-0.2, -0.15) is 0 Å². The summed E-state index contributed by atoms with van der Waals surface area (Å²) in [6.45, 7) is 13.8. The molecule has 11 nitrogen and oxygen atoms in total. The lowest BCUT2D eigenvalue weighted by atomic mass is 9.84. The predicted molar refractivity (Wildman–Crippen MR) is 273 cm³/mol. The van der Waals surface area contributed by atoms with E-state index in [4.69, 9.17) is 11.6 Å². The number of nitrogens with zero attached hydrogens (tertiary/aromatic N) is 1. The van der Waals surface area contributed by atoms with Crippen molar-refractivity contribution in [2.45, 2.75) is 146 Å². The Bertz CT molecular complexity index is 2580. The Hall–Kier alpha value is -4.08. The number of halogens is 1. The number of aryl methyl sites for hydroxylation is 1. The van der Waals surface area contributed by atoms with Gasteiger partial charge in [-0.25, -0.2) is 25.3 Å². The monoisotopic (exact) mass is 998 g/mol. The van der Waals surface area contributed by atoms with Crippen LogP contribution in [0.5, 0.6) is 0 Å². The molecule has 0 radical (unpaired) electrons. The summed E-state index contributed by atoms with van der Waals surface area (Å²) in [5, 5.41) is 11.8. The summed E-state index contributed by atoms with van der Waals surface area (Å²) in [7, 11) is -9.86. The molecule has 15 heteroatoms. The minimum atomic E-state index is -3.65. The summed E-state index contributed by atoms with van der Waals surface area (Å²) in [6, 6.07) is 28.5. The van der Waals surface area contributed by atoms with E-state index in [0.717, 1.165) is 53.9 Å². The molecule has 368 valence electrons. The van der Waals surface area contributed by atoms with E-state index in [0.29, 0.717) is 68.5 Å². The Balaban J connectivity index is 0.000000296. The first-order valence-corrected chi connectivity index (χ1v) is 28.4. The molecular weight excluding hydrogens is 928 g/mol. The van der Waals surface area contributed by atoms with Gasteiger partial charge >= 0.3 is 0 Å². The molecule has 1 aliphatic rings. The third kappa shape index (κ3) is 17.1. The van der Waals surface area contributed by atoms with Gasteiger partial charge in [0.1, 0.15) is 11.6 Å². The largest absolute Gasteiger partial charge is 0.385 e. The van der Waals surface area contributed by atoms with Crippen molar-refractivity contribution in [1.29, 1.82) is 0 Å². The van der Waals surface area contributed by atoms with Gasteiger partial charge in [0.05, 0.1) is 31.5 Å². The highest BCUT2D eigenvalue weighted by Gasteiger charge is 2.34. The first-order valence-electron chi connectivity index (χ1n) is 23.2. The molecule has 1 aliphatic heterocycles. The molecule has 0 atom stereocenters. The quantitative estimate of drug-likeness (QED) is 0.0766. The van der Waals surface area contributed by atoms with Gasteiger partial charge in [0.15, 0.2) is 19.7 Å². The first-order chi connectivity index (χ1) is 31.2. The number of ketones is 2. The fourth-order valence-electron chi connectivity index (χ4n) is 7.57. The lowest BCUT2D eigenvalue weighted by Crippen LogP contribution is -2.42. The maximum Gasteiger partial charge on any atom is 0.261 e. The van der Waals surface area contributed by atoms with Crippen LogP contribution in [0.1, 0.15) is 128 Å². The molecule has 4 aromatic carbocycles. The molecule has 0 aromatic heterocycles. The molecule has 0 aliphatic carbocycles. The molecule has 1 saturated heterocycles. The van der Waals surface area contributed by atoms with Crippen LogP contribution in [0.15, 0.2) is 102 Å². The van der Waals surface area contributed by atoms with Crippen LogP contribution in [-0.4, -0.2) is 76.0 Å². The van der Waals surface area contributed by atoms with Gasteiger partial charge in [-0.3, -0.25) is 14.3 Å². The van der Waals surface area contributed by atoms with Gasteiger partial charge < -0.3 is 10.0 Å². The number of rotatable bonds is 21. The second-order valence-corrected chi connectivity index (χ2v) is 27.5.